The first-order chi connectivity index (χ1) is 7.93. The van der Waals surface area contributed by atoms with Crippen molar-refractivity contribution in [1.29, 1.82) is 0 Å². The minimum atomic E-state index is -3.75. The Bertz CT molecular complexity index is 468. The van der Waals surface area contributed by atoms with Crippen molar-refractivity contribution in [2.24, 2.45) is 0 Å². The lowest BCUT2D eigenvalue weighted by Gasteiger charge is -2.19. The molecule has 0 radical (unpaired) electrons. The Morgan fingerprint density at radius 1 is 1.35 bits per heavy atom. The molecule has 0 saturated carbocycles. The summed E-state index contributed by atoms with van der Waals surface area (Å²) in [4.78, 5) is 3.83. The molecule has 0 bridgehead atoms. The first-order valence-electron chi connectivity index (χ1n) is 4.78. The lowest BCUT2D eigenvalue weighted by Crippen LogP contribution is -2.35. The minimum absolute atomic E-state index is 0.0457. The summed E-state index contributed by atoms with van der Waals surface area (Å²) in [5.41, 5.74) is 0.320. The Balaban J connectivity index is 3.11. The summed E-state index contributed by atoms with van der Waals surface area (Å²) >= 11 is 6.52. The molecule has 6 nitrogen and oxygen atoms in total. The van der Waals surface area contributed by atoms with Crippen molar-refractivity contribution in [3.63, 3.8) is 0 Å². The third-order valence-corrected chi connectivity index (χ3v) is 5.75. The van der Waals surface area contributed by atoms with Crippen LogP contribution < -0.4 is 0 Å². The van der Waals surface area contributed by atoms with E-state index in [0.29, 0.717) is 5.69 Å². The van der Waals surface area contributed by atoms with Crippen molar-refractivity contribution in [3.8, 4) is 0 Å². The van der Waals surface area contributed by atoms with E-state index < -0.39 is 10.0 Å². The molecule has 1 aromatic rings. The van der Waals surface area contributed by atoms with Crippen molar-refractivity contribution >= 4 is 33.0 Å². The maximum atomic E-state index is 12.2. The fourth-order valence-electron chi connectivity index (χ4n) is 1.28. The third kappa shape index (κ3) is 3.36. The number of thiazole rings is 1. The second kappa shape index (κ2) is 6.07. The van der Waals surface area contributed by atoms with Crippen molar-refractivity contribution in [2.45, 2.75) is 11.1 Å². The zero-order chi connectivity index (χ0) is 13.1. The predicted octanol–water partition coefficient (Wildman–Crippen LogP) is 0.0802. The molecular formula is C8H13ClN2O4S2. The molecular weight excluding hydrogens is 288 g/mol. The van der Waals surface area contributed by atoms with Gasteiger partial charge >= 0.3 is 0 Å². The highest BCUT2D eigenvalue weighted by atomic mass is 35.5. The minimum Gasteiger partial charge on any atom is -0.395 e. The van der Waals surface area contributed by atoms with Crippen LogP contribution in [0.15, 0.2) is 4.21 Å². The Morgan fingerprint density at radius 2 is 1.88 bits per heavy atom. The molecule has 1 rings (SSSR count). The molecule has 2 N–H and O–H groups in total. The average molecular weight is 301 g/mol. The summed E-state index contributed by atoms with van der Waals surface area (Å²) < 4.78 is 25.5. The predicted molar refractivity (Wildman–Crippen MR) is 64.8 cm³/mol. The van der Waals surface area contributed by atoms with Gasteiger partial charge in [0.25, 0.3) is 10.0 Å². The van der Waals surface area contributed by atoms with Gasteiger partial charge in [0.05, 0.1) is 18.9 Å². The summed E-state index contributed by atoms with van der Waals surface area (Å²) in [5.74, 6) is 0. The summed E-state index contributed by atoms with van der Waals surface area (Å²) in [7, 11) is -3.75. The molecule has 0 spiro atoms. The van der Waals surface area contributed by atoms with Crippen molar-refractivity contribution < 1.29 is 18.6 Å². The van der Waals surface area contributed by atoms with E-state index in [0.717, 1.165) is 15.6 Å². The van der Waals surface area contributed by atoms with Gasteiger partial charge in [-0.25, -0.2) is 13.4 Å². The van der Waals surface area contributed by atoms with Gasteiger partial charge in [-0.3, -0.25) is 0 Å². The standard InChI is InChI=1S/C8H13ClN2O4S2/c1-6-7(16-8(9)10-6)17(14,15)11(2-4-12)3-5-13/h12-13H,2-5H2,1H3. The van der Waals surface area contributed by atoms with E-state index in [-0.39, 0.29) is 35.0 Å². The number of aromatic nitrogens is 1. The largest absolute Gasteiger partial charge is 0.395 e. The van der Waals surface area contributed by atoms with E-state index in [9.17, 15) is 8.42 Å². The molecule has 9 heteroatoms. The first kappa shape index (κ1) is 14.8. The van der Waals surface area contributed by atoms with Crippen LogP contribution in [0.1, 0.15) is 5.69 Å². The van der Waals surface area contributed by atoms with Crippen LogP contribution in [0.25, 0.3) is 0 Å². The normalized spacial score (nSPS) is 12.3. The highest BCUT2D eigenvalue weighted by Gasteiger charge is 2.28. The highest BCUT2D eigenvalue weighted by molar-refractivity contribution is 7.91. The number of halogens is 1. The van der Waals surface area contributed by atoms with Gasteiger partial charge in [-0.1, -0.05) is 22.9 Å². The van der Waals surface area contributed by atoms with Crippen LogP contribution in [0, 0.1) is 6.92 Å². The van der Waals surface area contributed by atoms with Gasteiger partial charge in [0.15, 0.2) is 8.68 Å². The summed E-state index contributed by atoms with van der Waals surface area (Å²) in [6.45, 7) is 0.774. The van der Waals surface area contributed by atoms with Crippen LogP contribution in [0.4, 0.5) is 0 Å². The number of sulfonamides is 1. The van der Waals surface area contributed by atoms with Crippen LogP contribution in [-0.2, 0) is 10.0 Å². The van der Waals surface area contributed by atoms with Gasteiger partial charge in [0.1, 0.15) is 0 Å². The number of nitrogens with zero attached hydrogens (tertiary/aromatic N) is 2. The second-order valence-electron chi connectivity index (χ2n) is 3.19. The number of aryl methyl sites for hydroxylation is 1. The fourth-order valence-corrected chi connectivity index (χ4v) is 4.58. The maximum absolute atomic E-state index is 12.2. The van der Waals surface area contributed by atoms with Crippen LogP contribution >= 0.6 is 22.9 Å². The Kier molecular flexibility index (Phi) is 5.29. The van der Waals surface area contributed by atoms with Gasteiger partial charge in [-0.15, -0.1) is 0 Å². The second-order valence-corrected chi connectivity index (χ2v) is 6.91. The van der Waals surface area contributed by atoms with E-state index in [4.69, 9.17) is 21.8 Å². The molecule has 0 aliphatic rings. The van der Waals surface area contributed by atoms with Gasteiger partial charge in [-0.2, -0.15) is 4.31 Å². The molecule has 0 fully saturated rings. The molecule has 1 aromatic heterocycles. The molecule has 0 aliphatic heterocycles. The Labute approximate surface area is 109 Å². The molecule has 0 aliphatic carbocycles. The van der Waals surface area contributed by atoms with Gasteiger partial charge in [-0.05, 0) is 6.92 Å². The number of aliphatic hydroxyl groups is 2. The lowest BCUT2D eigenvalue weighted by atomic mass is 10.6. The van der Waals surface area contributed by atoms with Crippen LogP contribution in [-0.4, -0.2) is 54.2 Å². The Hall–Kier alpha value is -0.250. The molecule has 0 amide bonds. The molecule has 0 unspecified atom stereocenters. The lowest BCUT2D eigenvalue weighted by molar-refractivity contribution is 0.217. The Morgan fingerprint density at radius 3 is 2.24 bits per heavy atom. The van der Waals surface area contributed by atoms with E-state index >= 15 is 0 Å². The molecule has 0 saturated heterocycles. The van der Waals surface area contributed by atoms with Crippen molar-refractivity contribution in [1.82, 2.24) is 9.29 Å². The quantitative estimate of drug-likeness (QED) is 0.776. The third-order valence-electron chi connectivity index (χ3n) is 2.00. The van der Waals surface area contributed by atoms with Crippen LogP contribution in [0.3, 0.4) is 0 Å². The van der Waals surface area contributed by atoms with E-state index in [2.05, 4.69) is 4.98 Å². The first-order valence-corrected chi connectivity index (χ1v) is 7.41. The molecule has 17 heavy (non-hydrogen) atoms. The average Bonchev–Trinajstić information content (AvgIpc) is 2.58. The molecule has 0 aromatic carbocycles. The van der Waals surface area contributed by atoms with Gasteiger partial charge in [0, 0.05) is 13.1 Å². The smallest absolute Gasteiger partial charge is 0.254 e. The number of rotatable bonds is 6. The summed E-state index contributed by atoms with van der Waals surface area (Å²) in [6, 6.07) is 0. The monoisotopic (exact) mass is 300 g/mol. The zero-order valence-electron chi connectivity index (χ0n) is 9.13. The zero-order valence-corrected chi connectivity index (χ0v) is 11.5. The van der Waals surface area contributed by atoms with Crippen molar-refractivity contribution in [3.05, 3.63) is 10.2 Å². The van der Waals surface area contributed by atoms with Crippen LogP contribution in [0.2, 0.25) is 4.47 Å². The van der Waals surface area contributed by atoms with E-state index in [1.165, 1.54) is 0 Å². The number of aliphatic hydroxyl groups excluding tert-OH is 2. The maximum Gasteiger partial charge on any atom is 0.254 e. The molecule has 1 heterocycles. The highest BCUT2D eigenvalue weighted by Crippen LogP contribution is 2.29. The van der Waals surface area contributed by atoms with Gasteiger partial charge < -0.3 is 10.2 Å². The fraction of sp³-hybridized carbons (Fsp3) is 0.625. The summed E-state index contributed by atoms with van der Waals surface area (Å²) in [6.07, 6.45) is 0. The molecule has 0 atom stereocenters. The van der Waals surface area contributed by atoms with Gasteiger partial charge in [0.2, 0.25) is 0 Å². The van der Waals surface area contributed by atoms with E-state index in [1.807, 2.05) is 0 Å². The number of hydrogen-bond acceptors (Lipinski definition) is 6. The van der Waals surface area contributed by atoms with E-state index in [1.54, 1.807) is 6.92 Å². The summed E-state index contributed by atoms with van der Waals surface area (Å²) in [5, 5.41) is 17.6. The topological polar surface area (TPSA) is 90.7 Å². The number of hydrogen-bond donors (Lipinski definition) is 2. The van der Waals surface area contributed by atoms with Crippen molar-refractivity contribution in [2.75, 3.05) is 26.3 Å². The SMILES string of the molecule is Cc1nc(Cl)sc1S(=O)(=O)N(CCO)CCO. The van der Waals surface area contributed by atoms with Crippen LogP contribution in [0.5, 0.6) is 0 Å². The molecule has 98 valence electrons.